The minimum absolute atomic E-state index is 0.00106. The van der Waals surface area contributed by atoms with Gasteiger partial charge in [-0.25, -0.2) is 0 Å². The number of rotatable bonds is 4. The molecular weight excluding hydrogens is 178 g/mol. The second-order valence-electron chi connectivity index (χ2n) is 3.10. The number of nitriles is 1. The molecule has 0 unspecified atom stereocenters. The Bertz CT molecular complexity index is 324. The van der Waals surface area contributed by atoms with Crippen molar-refractivity contribution < 1.29 is 4.79 Å². The highest BCUT2D eigenvalue weighted by atomic mass is 16.2. The summed E-state index contributed by atoms with van der Waals surface area (Å²) >= 11 is 0. The largest absolute Gasteiger partial charge is 0.364 e. The van der Waals surface area contributed by atoms with Gasteiger partial charge in [-0.05, 0) is 12.1 Å². The first-order valence-electron chi connectivity index (χ1n) is 4.47. The zero-order chi connectivity index (χ0) is 10.4. The molecule has 0 saturated heterocycles. The molecule has 1 N–H and O–H groups in total. The fourth-order valence-electron chi connectivity index (χ4n) is 1.16. The van der Waals surface area contributed by atoms with Crippen LogP contribution in [0.25, 0.3) is 0 Å². The van der Waals surface area contributed by atoms with Crippen LogP contribution < -0.4 is 0 Å². The molecule has 0 saturated carbocycles. The molecule has 4 nitrogen and oxygen atoms in total. The summed E-state index contributed by atoms with van der Waals surface area (Å²) in [6.07, 6.45) is 2.41. The summed E-state index contributed by atoms with van der Waals surface area (Å²) in [5.74, 6) is 0.00106. The van der Waals surface area contributed by atoms with Gasteiger partial charge in [-0.3, -0.25) is 4.79 Å². The second-order valence-corrected chi connectivity index (χ2v) is 3.10. The van der Waals surface area contributed by atoms with E-state index in [0.717, 1.165) is 5.69 Å². The van der Waals surface area contributed by atoms with Gasteiger partial charge in [0.05, 0.1) is 12.6 Å². The van der Waals surface area contributed by atoms with Crippen molar-refractivity contribution in [3.8, 4) is 6.07 Å². The van der Waals surface area contributed by atoms with Crippen molar-refractivity contribution in [2.45, 2.75) is 19.4 Å². The summed E-state index contributed by atoms with van der Waals surface area (Å²) in [7, 11) is 1.74. The predicted octanol–water partition coefficient (Wildman–Crippen LogP) is 1.28. The third-order valence-corrected chi connectivity index (χ3v) is 1.95. The number of H-pyrrole nitrogens is 1. The molecule has 0 aliphatic heterocycles. The van der Waals surface area contributed by atoms with E-state index in [-0.39, 0.29) is 12.3 Å². The van der Waals surface area contributed by atoms with Crippen LogP contribution in [0.5, 0.6) is 0 Å². The van der Waals surface area contributed by atoms with E-state index in [1.165, 1.54) is 0 Å². The molecule has 1 aromatic rings. The van der Waals surface area contributed by atoms with Crippen LogP contribution in [0, 0.1) is 11.3 Å². The molecule has 0 bridgehead atoms. The topological polar surface area (TPSA) is 59.9 Å². The van der Waals surface area contributed by atoms with Crippen LogP contribution in [0.3, 0.4) is 0 Å². The first-order valence-corrected chi connectivity index (χ1v) is 4.47. The van der Waals surface area contributed by atoms with Gasteiger partial charge in [-0.1, -0.05) is 0 Å². The molecule has 1 heterocycles. The fraction of sp³-hybridized carbons (Fsp3) is 0.400. The minimum atomic E-state index is 0.00106. The second kappa shape index (κ2) is 5.07. The van der Waals surface area contributed by atoms with Crippen LogP contribution in [-0.2, 0) is 11.3 Å². The molecule has 0 aromatic carbocycles. The normalized spacial score (nSPS) is 9.43. The van der Waals surface area contributed by atoms with E-state index in [4.69, 9.17) is 5.26 Å². The third kappa shape index (κ3) is 2.94. The maximum Gasteiger partial charge on any atom is 0.223 e. The van der Waals surface area contributed by atoms with Gasteiger partial charge in [-0.15, -0.1) is 0 Å². The van der Waals surface area contributed by atoms with Crippen LogP contribution in [0.15, 0.2) is 18.3 Å². The SMILES string of the molecule is CN(Cc1ccc[nH]1)C(=O)CCC#N. The van der Waals surface area contributed by atoms with Crippen molar-refractivity contribution in [1.82, 2.24) is 9.88 Å². The van der Waals surface area contributed by atoms with E-state index in [1.54, 1.807) is 11.9 Å². The van der Waals surface area contributed by atoms with E-state index in [2.05, 4.69) is 4.98 Å². The van der Waals surface area contributed by atoms with Crippen molar-refractivity contribution in [2.75, 3.05) is 7.05 Å². The molecule has 0 spiro atoms. The molecule has 1 rings (SSSR count). The van der Waals surface area contributed by atoms with Crippen LogP contribution in [0.2, 0.25) is 0 Å². The van der Waals surface area contributed by atoms with Gasteiger partial charge in [0.1, 0.15) is 0 Å². The van der Waals surface area contributed by atoms with Gasteiger partial charge in [0.2, 0.25) is 5.91 Å². The van der Waals surface area contributed by atoms with Gasteiger partial charge in [0.25, 0.3) is 0 Å². The molecule has 4 heteroatoms. The number of hydrogen-bond donors (Lipinski definition) is 1. The first kappa shape index (κ1) is 10.3. The fourth-order valence-corrected chi connectivity index (χ4v) is 1.16. The maximum absolute atomic E-state index is 11.4. The number of amides is 1. The Hall–Kier alpha value is -1.76. The zero-order valence-corrected chi connectivity index (χ0v) is 8.16. The lowest BCUT2D eigenvalue weighted by Crippen LogP contribution is -2.25. The Kier molecular flexibility index (Phi) is 3.74. The molecular formula is C10H13N3O. The third-order valence-electron chi connectivity index (χ3n) is 1.95. The van der Waals surface area contributed by atoms with Crippen molar-refractivity contribution in [3.63, 3.8) is 0 Å². The number of carbonyl (C=O) groups excluding carboxylic acids is 1. The zero-order valence-electron chi connectivity index (χ0n) is 8.16. The lowest BCUT2D eigenvalue weighted by Gasteiger charge is -2.15. The smallest absolute Gasteiger partial charge is 0.223 e. The number of carbonyl (C=O) groups is 1. The number of nitrogens with zero attached hydrogens (tertiary/aromatic N) is 2. The summed E-state index contributed by atoms with van der Waals surface area (Å²) in [6.45, 7) is 0.567. The lowest BCUT2D eigenvalue weighted by atomic mass is 10.3. The predicted molar refractivity (Wildman–Crippen MR) is 52.1 cm³/mol. The van der Waals surface area contributed by atoms with Crippen LogP contribution >= 0.6 is 0 Å². The average molecular weight is 191 g/mol. The van der Waals surface area contributed by atoms with Crippen LogP contribution in [0.1, 0.15) is 18.5 Å². The molecule has 0 fully saturated rings. The van der Waals surface area contributed by atoms with E-state index < -0.39 is 0 Å². The molecule has 0 aliphatic rings. The van der Waals surface area contributed by atoms with Gasteiger partial charge in [0.15, 0.2) is 0 Å². The molecule has 0 radical (unpaired) electrons. The minimum Gasteiger partial charge on any atom is -0.364 e. The Labute approximate surface area is 83.1 Å². The standard InChI is InChI=1S/C10H13N3O/c1-13(10(14)5-2-6-11)8-9-4-3-7-12-9/h3-4,7,12H,2,5,8H2,1H3. The van der Waals surface area contributed by atoms with Crippen molar-refractivity contribution in [3.05, 3.63) is 24.0 Å². The Morgan fingerprint density at radius 2 is 2.50 bits per heavy atom. The van der Waals surface area contributed by atoms with Gasteiger partial charge in [-0.2, -0.15) is 5.26 Å². The number of aromatic amines is 1. The van der Waals surface area contributed by atoms with Crippen molar-refractivity contribution >= 4 is 5.91 Å². The Balaban J connectivity index is 2.39. The molecule has 14 heavy (non-hydrogen) atoms. The first-order chi connectivity index (χ1) is 6.74. The summed E-state index contributed by atoms with van der Waals surface area (Å²) in [5.41, 5.74) is 0.998. The number of hydrogen-bond acceptors (Lipinski definition) is 2. The Morgan fingerprint density at radius 1 is 1.71 bits per heavy atom. The van der Waals surface area contributed by atoms with E-state index in [1.807, 2.05) is 24.4 Å². The van der Waals surface area contributed by atoms with Gasteiger partial charge >= 0.3 is 0 Å². The highest BCUT2D eigenvalue weighted by Gasteiger charge is 2.08. The molecule has 0 aliphatic carbocycles. The van der Waals surface area contributed by atoms with E-state index in [0.29, 0.717) is 13.0 Å². The monoisotopic (exact) mass is 191 g/mol. The highest BCUT2D eigenvalue weighted by Crippen LogP contribution is 2.02. The molecule has 0 atom stereocenters. The quantitative estimate of drug-likeness (QED) is 0.779. The molecule has 1 amide bonds. The molecule has 1 aromatic heterocycles. The van der Waals surface area contributed by atoms with Crippen LogP contribution in [-0.4, -0.2) is 22.8 Å². The summed E-state index contributed by atoms with van der Waals surface area (Å²) < 4.78 is 0. The maximum atomic E-state index is 11.4. The van der Waals surface area contributed by atoms with E-state index in [9.17, 15) is 4.79 Å². The summed E-state index contributed by atoms with van der Waals surface area (Å²) in [6, 6.07) is 5.77. The van der Waals surface area contributed by atoms with Crippen molar-refractivity contribution in [1.29, 1.82) is 5.26 Å². The van der Waals surface area contributed by atoms with Crippen LogP contribution in [0.4, 0.5) is 0 Å². The highest BCUT2D eigenvalue weighted by molar-refractivity contribution is 5.76. The van der Waals surface area contributed by atoms with Crippen molar-refractivity contribution in [2.24, 2.45) is 0 Å². The number of nitrogens with one attached hydrogen (secondary N) is 1. The summed E-state index contributed by atoms with van der Waals surface area (Å²) in [5, 5.41) is 8.33. The van der Waals surface area contributed by atoms with E-state index >= 15 is 0 Å². The molecule has 74 valence electrons. The van der Waals surface area contributed by atoms with Gasteiger partial charge < -0.3 is 9.88 Å². The summed E-state index contributed by atoms with van der Waals surface area (Å²) in [4.78, 5) is 16.0. The average Bonchev–Trinajstić information content (AvgIpc) is 2.66. The Morgan fingerprint density at radius 3 is 3.07 bits per heavy atom. The van der Waals surface area contributed by atoms with Gasteiger partial charge in [0, 0.05) is 31.8 Å². The number of aromatic nitrogens is 1. The lowest BCUT2D eigenvalue weighted by molar-refractivity contribution is -0.130.